The number of piperazine rings is 1. The molecule has 7 nitrogen and oxygen atoms in total. The third-order valence-corrected chi connectivity index (χ3v) is 7.45. The number of aromatic nitrogens is 4. The molecule has 5 rings (SSSR count). The number of thioether (sulfide) groups is 1. The summed E-state index contributed by atoms with van der Waals surface area (Å²) in [4.78, 5) is 22.0. The fourth-order valence-corrected chi connectivity index (χ4v) is 5.36. The van der Waals surface area contributed by atoms with Crippen molar-refractivity contribution in [2.45, 2.75) is 30.4 Å². The summed E-state index contributed by atoms with van der Waals surface area (Å²) in [6.45, 7) is 6.77. The molecular formula is C28H30N6OS. The predicted molar refractivity (Wildman–Crippen MR) is 142 cm³/mol. The average molecular weight is 499 g/mol. The molecule has 1 saturated heterocycles. The topological polar surface area (TPSA) is 67.2 Å². The second kappa shape index (κ2) is 11.5. The van der Waals surface area contributed by atoms with Gasteiger partial charge < -0.3 is 4.90 Å². The van der Waals surface area contributed by atoms with Crippen molar-refractivity contribution < 1.29 is 4.79 Å². The van der Waals surface area contributed by atoms with Crippen molar-refractivity contribution in [3.05, 3.63) is 96.3 Å². The lowest BCUT2D eigenvalue weighted by atomic mass is 10.2. The number of rotatable bonds is 8. The van der Waals surface area contributed by atoms with Gasteiger partial charge in [-0.15, -0.1) is 10.2 Å². The Morgan fingerprint density at radius 3 is 2.17 bits per heavy atom. The molecule has 1 fully saturated rings. The first-order valence-corrected chi connectivity index (χ1v) is 13.1. The van der Waals surface area contributed by atoms with Crippen molar-refractivity contribution in [1.29, 1.82) is 0 Å². The Kier molecular flexibility index (Phi) is 7.73. The molecule has 4 aromatic rings. The van der Waals surface area contributed by atoms with E-state index in [1.165, 1.54) is 17.3 Å². The fraction of sp³-hybridized carbons (Fsp3) is 0.286. The van der Waals surface area contributed by atoms with Gasteiger partial charge in [-0.3, -0.25) is 19.2 Å². The van der Waals surface area contributed by atoms with Gasteiger partial charge in [0.15, 0.2) is 11.0 Å². The molecule has 1 aliphatic rings. The first kappa shape index (κ1) is 24.2. The maximum absolute atomic E-state index is 13.3. The summed E-state index contributed by atoms with van der Waals surface area (Å²) in [5, 5.41) is 9.44. The summed E-state index contributed by atoms with van der Waals surface area (Å²) < 4.78 is 2.08. The van der Waals surface area contributed by atoms with Crippen LogP contribution in [0.3, 0.4) is 0 Å². The molecule has 1 aliphatic heterocycles. The van der Waals surface area contributed by atoms with Crippen LogP contribution in [0.25, 0.3) is 11.4 Å². The molecule has 2 aromatic carbocycles. The van der Waals surface area contributed by atoms with Gasteiger partial charge in [-0.2, -0.15) is 0 Å². The summed E-state index contributed by atoms with van der Waals surface area (Å²) in [6.07, 6.45) is 3.54. The van der Waals surface area contributed by atoms with Crippen molar-refractivity contribution in [1.82, 2.24) is 29.5 Å². The molecule has 184 valence electrons. The second-order valence-corrected chi connectivity index (χ2v) is 10.3. The van der Waals surface area contributed by atoms with Crippen LogP contribution in [0, 0.1) is 0 Å². The van der Waals surface area contributed by atoms with Crippen LogP contribution >= 0.6 is 11.8 Å². The Hall–Kier alpha value is -3.49. The molecule has 2 aromatic heterocycles. The van der Waals surface area contributed by atoms with Crippen molar-refractivity contribution in [2.75, 3.05) is 26.2 Å². The standard InChI is InChI=1S/C28H30N6OS/c1-22(27(35)33-17-15-32(16-18-33)20-23-9-4-2-5-10-23)36-28-31-30-26(25-13-8-14-29-19-25)34(28)21-24-11-6-3-7-12-24/h2-14,19,22H,15-18,20-21H2,1H3/t22-/m0/s1. The summed E-state index contributed by atoms with van der Waals surface area (Å²) in [5.41, 5.74) is 3.36. The van der Waals surface area contributed by atoms with Gasteiger partial charge in [-0.1, -0.05) is 72.4 Å². The van der Waals surface area contributed by atoms with Gasteiger partial charge in [0.1, 0.15) is 0 Å². The van der Waals surface area contributed by atoms with E-state index >= 15 is 0 Å². The van der Waals surface area contributed by atoms with Crippen molar-refractivity contribution in [3.63, 3.8) is 0 Å². The van der Waals surface area contributed by atoms with Crippen molar-refractivity contribution >= 4 is 17.7 Å². The van der Waals surface area contributed by atoms with E-state index in [0.717, 1.165) is 54.8 Å². The normalized spacial score (nSPS) is 15.1. The van der Waals surface area contributed by atoms with Crippen LogP contribution in [0.4, 0.5) is 0 Å². The van der Waals surface area contributed by atoms with Gasteiger partial charge in [0.05, 0.1) is 11.8 Å². The van der Waals surface area contributed by atoms with Crippen LogP contribution < -0.4 is 0 Å². The van der Waals surface area contributed by atoms with E-state index in [-0.39, 0.29) is 11.2 Å². The van der Waals surface area contributed by atoms with E-state index in [1.54, 1.807) is 12.4 Å². The number of pyridine rings is 1. The number of carbonyl (C=O) groups is 1. The molecular weight excluding hydrogens is 468 g/mol. The molecule has 0 aliphatic carbocycles. The van der Waals surface area contributed by atoms with Gasteiger partial charge in [0.2, 0.25) is 5.91 Å². The van der Waals surface area contributed by atoms with E-state index in [9.17, 15) is 4.79 Å². The zero-order valence-electron chi connectivity index (χ0n) is 20.4. The summed E-state index contributed by atoms with van der Waals surface area (Å²) in [5.74, 6) is 0.903. The average Bonchev–Trinajstić information content (AvgIpc) is 3.32. The van der Waals surface area contributed by atoms with Gasteiger partial charge in [0, 0.05) is 50.7 Å². The maximum Gasteiger partial charge on any atom is 0.235 e. The van der Waals surface area contributed by atoms with E-state index < -0.39 is 0 Å². The number of carbonyl (C=O) groups excluding carboxylic acids is 1. The Morgan fingerprint density at radius 2 is 1.53 bits per heavy atom. The zero-order valence-corrected chi connectivity index (χ0v) is 21.2. The van der Waals surface area contributed by atoms with Crippen molar-refractivity contribution in [2.24, 2.45) is 0 Å². The molecule has 0 spiro atoms. The monoisotopic (exact) mass is 498 g/mol. The van der Waals surface area contributed by atoms with Crippen LogP contribution in [0.1, 0.15) is 18.1 Å². The number of benzene rings is 2. The largest absolute Gasteiger partial charge is 0.339 e. The van der Waals surface area contributed by atoms with E-state index in [2.05, 4.69) is 61.0 Å². The van der Waals surface area contributed by atoms with E-state index in [1.807, 2.05) is 48.2 Å². The number of hydrogen-bond donors (Lipinski definition) is 0. The van der Waals surface area contributed by atoms with Crippen LogP contribution in [0.2, 0.25) is 0 Å². The molecule has 8 heteroatoms. The lowest BCUT2D eigenvalue weighted by Gasteiger charge is -2.35. The third-order valence-electron chi connectivity index (χ3n) is 6.38. The lowest BCUT2D eigenvalue weighted by Crippen LogP contribution is -2.50. The Bertz CT molecular complexity index is 1260. The quantitative estimate of drug-likeness (QED) is 0.339. The van der Waals surface area contributed by atoms with Gasteiger partial charge in [-0.25, -0.2) is 0 Å². The highest BCUT2D eigenvalue weighted by Gasteiger charge is 2.27. The SMILES string of the molecule is C[C@H](Sc1nnc(-c2cccnc2)n1Cc1ccccc1)C(=O)N1CCN(Cc2ccccc2)CC1. The van der Waals surface area contributed by atoms with E-state index in [0.29, 0.717) is 6.54 Å². The van der Waals surface area contributed by atoms with Crippen LogP contribution in [-0.2, 0) is 17.9 Å². The Balaban J connectivity index is 1.26. The predicted octanol–water partition coefficient (Wildman–Crippen LogP) is 4.21. The summed E-state index contributed by atoms with van der Waals surface area (Å²) in [7, 11) is 0. The first-order chi connectivity index (χ1) is 17.7. The molecule has 0 saturated carbocycles. The maximum atomic E-state index is 13.3. The van der Waals surface area contributed by atoms with Gasteiger partial charge in [-0.05, 0) is 30.2 Å². The molecule has 1 amide bonds. The summed E-state index contributed by atoms with van der Waals surface area (Å²) in [6, 6.07) is 24.6. The van der Waals surface area contributed by atoms with E-state index in [4.69, 9.17) is 0 Å². The van der Waals surface area contributed by atoms with Gasteiger partial charge >= 0.3 is 0 Å². The fourth-order valence-electron chi connectivity index (χ4n) is 4.43. The third kappa shape index (κ3) is 5.83. The summed E-state index contributed by atoms with van der Waals surface area (Å²) >= 11 is 1.47. The molecule has 0 unspecified atom stereocenters. The highest BCUT2D eigenvalue weighted by molar-refractivity contribution is 8.00. The minimum Gasteiger partial charge on any atom is -0.339 e. The van der Waals surface area contributed by atoms with Crippen LogP contribution in [0.5, 0.6) is 0 Å². The Morgan fingerprint density at radius 1 is 0.861 bits per heavy atom. The number of hydrogen-bond acceptors (Lipinski definition) is 6. The smallest absolute Gasteiger partial charge is 0.235 e. The minimum absolute atomic E-state index is 0.150. The number of amides is 1. The number of nitrogens with zero attached hydrogens (tertiary/aromatic N) is 6. The molecule has 0 N–H and O–H groups in total. The molecule has 3 heterocycles. The van der Waals surface area contributed by atoms with Crippen molar-refractivity contribution in [3.8, 4) is 11.4 Å². The highest BCUT2D eigenvalue weighted by Crippen LogP contribution is 2.28. The molecule has 36 heavy (non-hydrogen) atoms. The zero-order chi connectivity index (χ0) is 24.7. The second-order valence-electron chi connectivity index (χ2n) is 8.97. The molecule has 1 atom stereocenters. The van der Waals surface area contributed by atoms with Crippen LogP contribution in [-0.4, -0.2) is 66.9 Å². The lowest BCUT2D eigenvalue weighted by molar-refractivity contribution is -0.132. The van der Waals surface area contributed by atoms with Gasteiger partial charge in [0.25, 0.3) is 0 Å². The first-order valence-electron chi connectivity index (χ1n) is 12.3. The van der Waals surface area contributed by atoms with Crippen LogP contribution in [0.15, 0.2) is 90.3 Å². The minimum atomic E-state index is -0.258. The highest BCUT2D eigenvalue weighted by atomic mass is 32.2. The molecule has 0 bridgehead atoms. The molecule has 0 radical (unpaired) electrons. The Labute approximate surface area is 216 Å².